The lowest BCUT2D eigenvalue weighted by Gasteiger charge is -2.05. The summed E-state index contributed by atoms with van der Waals surface area (Å²) in [5.41, 5.74) is 1.25. The van der Waals surface area contributed by atoms with Crippen molar-refractivity contribution in [3.8, 4) is 28.5 Å². The van der Waals surface area contributed by atoms with Crippen molar-refractivity contribution in [1.82, 2.24) is 29.9 Å². The van der Waals surface area contributed by atoms with E-state index >= 15 is 0 Å². The Hall–Kier alpha value is -2.96. The van der Waals surface area contributed by atoms with E-state index in [4.69, 9.17) is 0 Å². The van der Waals surface area contributed by atoms with Gasteiger partial charge in [0.1, 0.15) is 31.1 Å². The fourth-order valence-corrected chi connectivity index (χ4v) is 1.62. The van der Waals surface area contributed by atoms with Crippen LogP contribution in [0.2, 0.25) is 0 Å². The molecule has 0 amide bonds. The molecule has 7 heteroatoms. The number of nitrogens with zero attached hydrogens (tertiary/aromatic N) is 6. The van der Waals surface area contributed by atoms with Crippen molar-refractivity contribution in [2.24, 2.45) is 0 Å². The first-order valence-electron chi connectivity index (χ1n) is 5.42. The lowest BCUT2D eigenvalue weighted by Crippen LogP contribution is -1.92. The Balaban J connectivity index is 2.12. The first kappa shape index (κ1) is 11.1. The third-order valence-corrected chi connectivity index (χ3v) is 2.48. The van der Waals surface area contributed by atoms with Crippen LogP contribution in [-0.4, -0.2) is 35.0 Å². The summed E-state index contributed by atoms with van der Waals surface area (Å²) in [6.45, 7) is 0. The minimum atomic E-state index is 0.0870. The van der Waals surface area contributed by atoms with E-state index < -0.39 is 0 Å². The van der Waals surface area contributed by atoms with Crippen molar-refractivity contribution in [2.45, 2.75) is 0 Å². The van der Waals surface area contributed by atoms with Crippen LogP contribution in [0.25, 0.3) is 22.8 Å². The number of aromatic nitrogens is 6. The molecule has 2 aromatic heterocycles. The third kappa shape index (κ3) is 2.21. The molecule has 0 fully saturated rings. The van der Waals surface area contributed by atoms with Crippen molar-refractivity contribution >= 4 is 0 Å². The number of phenols is 1. The maximum Gasteiger partial charge on any atom is 0.166 e. The van der Waals surface area contributed by atoms with Crippen LogP contribution >= 0.6 is 0 Å². The Morgan fingerprint density at radius 3 is 1.95 bits per heavy atom. The molecule has 0 bridgehead atoms. The van der Waals surface area contributed by atoms with Gasteiger partial charge in [-0.15, -0.1) is 0 Å². The molecule has 19 heavy (non-hydrogen) atoms. The average molecular weight is 252 g/mol. The maximum absolute atomic E-state index is 9.88. The second-order valence-electron chi connectivity index (χ2n) is 3.66. The van der Waals surface area contributed by atoms with Gasteiger partial charge < -0.3 is 5.11 Å². The van der Waals surface area contributed by atoms with Crippen molar-refractivity contribution in [3.63, 3.8) is 0 Å². The van der Waals surface area contributed by atoms with Gasteiger partial charge in [0.05, 0.1) is 5.56 Å². The Morgan fingerprint density at radius 2 is 1.32 bits per heavy atom. The zero-order chi connectivity index (χ0) is 13.1. The zero-order valence-electron chi connectivity index (χ0n) is 9.67. The van der Waals surface area contributed by atoms with Crippen LogP contribution in [-0.2, 0) is 0 Å². The van der Waals surface area contributed by atoms with Crippen LogP contribution in [0.3, 0.4) is 0 Å². The van der Waals surface area contributed by atoms with Crippen LogP contribution in [0.1, 0.15) is 0 Å². The molecule has 0 saturated heterocycles. The van der Waals surface area contributed by atoms with Crippen LogP contribution in [0.5, 0.6) is 5.75 Å². The van der Waals surface area contributed by atoms with Crippen LogP contribution in [0, 0.1) is 0 Å². The normalized spacial score (nSPS) is 10.3. The van der Waals surface area contributed by atoms with Gasteiger partial charge in [-0.1, -0.05) is 0 Å². The van der Waals surface area contributed by atoms with E-state index in [1.54, 1.807) is 18.2 Å². The summed E-state index contributed by atoms with van der Waals surface area (Å²) in [5, 5.41) is 9.88. The summed E-state index contributed by atoms with van der Waals surface area (Å²) in [5.74, 6) is 0.998. The number of benzene rings is 1. The molecule has 1 aromatic carbocycles. The van der Waals surface area contributed by atoms with E-state index in [1.807, 2.05) is 0 Å². The van der Waals surface area contributed by atoms with E-state index in [2.05, 4.69) is 29.9 Å². The standard InChI is InChI=1S/C12H8N6O/c19-10-2-1-8(11-15-4-13-5-16-11)3-9(10)12-17-6-14-7-18-12/h1-7,19H. The summed E-state index contributed by atoms with van der Waals surface area (Å²) in [6, 6.07) is 4.99. The van der Waals surface area contributed by atoms with E-state index in [-0.39, 0.29) is 5.75 Å². The topological polar surface area (TPSA) is 97.6 Å². The number of aromatic hydroxyl groups is 1. The van der Waals surface area contributed by atoms with Crippen molar-refractivity contribution in [2.75, 3.05) is 0 Å². The Morgan fingerprint density at radius 1 is 0.737 bits per heavy atom. The molecule has 3 aromatic rings. The smallest absolute Gasteiger partial charge is 0.166 e. The van der Waals surface area contributed by atoms with E-state index in [9.17, 15) is 5.11 Å². The van der Waals surface area contributed by atoms with Gasteiger partial charge in [-0.3, -0.25) is 0 Å². The molecule has 3 rings (SSSR count). The molecular weight excluding hydrogens is 244 g/mol. The number of hydrogen-bond donors (Lipinski definition) is 1. The first-order chi connectivity index (χ1) is 9.34. The Labute approximate surface area is 108 Å². The van der Waals surface area contributed by atoms with Crippen molar-refractivity contribution in [3.05, 3.63) is 43.5 Å². The molecule has 0 spiro atoms. The lowest BCUT2D eigenvalue weighted by atomic mass is 10.1. The van der Waals surface area contributed by atoms with Gasteiger partial charge in [0, 0.05) is 5.56 Å². The highest BCUT2D eigenvalue weighted by atomic mass is 16.3. The quantitative estimate of drug-likeness (QED) is 0.729. The van der Waals surface area contributed by atoms with Crippen LogP contribution < -0.4 is 0 Å². The van der Waals surface area contributed by atoms with Crippen LogP contribution in [0.15, 0.2) is 43.5 Å². The van der Waals surface area contributed by atoms with Gasteiger partial charge in [0.2, 0.25) is 0 Å². The maximum atomic E-state index is 9.88. The first-order valence-corrected chi connectivity index (χ1v) is 5.42. The Kier molecular flexibility index (Phi) is 2.77. The summed E-state index contributed by atoms with van der Waals surface area (Å²) >= 11 is 0. The highest BCUT2D eigenvalue weighted by molar-refractivity contribution is 5.71. The summed E-state index contributed by atoms with van der Waals surface area (Å²) in [4.78, 5) is 23.6. The molecular formula is C12H8N6O. The minimum Gasteiger partial charge on any atom is -0.507 e. The van der Waals surface area contributed by atoms with Gasteiger partial charge in [-0.2, -0.15) is 0 Å². The number of rotatable bonds is 2. The molecule has 0 unspecified atom stereocenters. The largest absolute Gasteiger partial charge is 0.507 e. The minimum absolute atomic E-state index is 0.0870. The predicted molar refractivity (Wildman–Crippen MR) is 65.7 cm³/mol. The molecule has 0 atom stereocenters. The average Bonchev–Trinajstić information content (AvgIpc) is 2.49. The molecule has 2 heterocycles. The summed E-state index contributed by atoms with van der Waals surface area (Å²) in [6.07, 6.45) is 5.57. The van der Waals surface area contributed by atoms with Gasteiger partial charge in [0.15, 0.2) is 11.6 Å². The highest BCUT2D eigenvalue weighted by Gasteiger charge is 2.10. The number of phenolic OH excluding ortho intramolecular Hbond substituents is 1. The SMILES string of the molecule is Oc1ccc(-c2ncncn2)cc1-c1ncncn1. The molecule has 0 saturated carbocycles. The van der Waals surface area contributed by atoms with Crippen LogP contribution in [0.4, 0.5) is 0 Å². The molecule has 1 N–H and O–H groups in total. The number of hydrogen-bond acceptors (Lipinski definition) is 7. The fraction of sp³-hybridized carbons (Fsp3) is 0. The van der Waals surface area contributed by atoms with E-state index in [1.165, 1.54) is 25.3 Å². The van der Waals surface area contributed by atoms with E-state index in [0.29, 0.717) is 17.2 Å². The van der Waals surface area contributed by atoms with Gasteiger partial charge in [0.25, 0.3) is 0 Å². The monoisotopic (exact) mass is 252 g/mol. The van der Waals surface area contributed by atoms with E-state index in [0.717, 1.165) is 5.56 Å². The third-order valence-electron chi connectivity index (χ3n) is 2.48. The summed E-state index contributed by atoms with van der Waals surface area (Å²) in [7, 11) is 0. The molecule has 92 valence electrons. The van der Waals surface area contributed by atoms with Gasteiger partial charge in [-0.25, -0.2) is 29.9 Å². The highest BCUT2D eigenvalue weighted by Crippen LogP contribution is 2.29. The summed E-state index contributed by atoms with van der Waals surface area (Å²) < 4.78 is 0. The molecule has 0 radical (unpaired) electrons. The second kappa shape index (κ2) is 4.73. The molecule has 0 aliphatic carbocycles. The zero-order valence-corrected chi connectivity index (χ0v) is 9.67. The predicted octanol–water partition coefficient (Wildman–Crippen LogP) is 1.10. The van der Waals surface area contributed by atoms with Gasteiger partial charge in [-0.05, 0) is 18.2 Å². The second-order valence-corrected chi connectivity index (χ2v) is 3.66. The molecule has 7 nitrogen and oxygen atoms in total. The van der Waals surface area contributed by atoms with Crippen molar-refractivity contribution in [1.29, 1.82) is 0 Å². The molecule has 0 aliphatic heterocycles. The Bertz CT molecular complexity index is 689. The lowest BCUT2D eigenvalue weighted by molar-refractivity contribution is 0.477. The fourth-order valence-electron chi connectivity index (χ4n) is 1.62. The van der Waals surface area contributed by atoms with Crippen molar-refractivity contribution < 1.29 is 5.11 Å². The van der Waals surface area contributed by atoms with Gasteiger partial charge >= 0.3 is 0 Å². The molecule has 0 aliphatic rings.